The second-order valence-electron chi connectivity index (χ2n) is 9.25. The molecule has 0 heterocycles. The second-order valence-corrected chi connectivity index (χ2v) is 14.9. The minimum Gasteiger partial charge on any atom is -0.0695 e. The molecule has 0 saturated heterocycles. The van der Waals surface area contributed by atoms with E-state index in [0.717, 1.165) is 0 Å². The second kappa shape index (κ2) is 5.07. The first kappa shape index (κ1) is 17.2. The van der Waals surface area contributed by atoms with Gasteiger partial charge in [-0.05, 0) is 22.7 Å². The van der Waals surface area contributed by atoms with E-state index in [4.69, 9.17) is 0 Å². The Morgan fingerprint density at radius 3 is 1.29 bits per heavy atom. The largest absolute Gasteiger partial charge is 0.0695 e. The van der Waals surface area contributed by atoms with Crippen molar-refractivity contribution in [2.45, 2.75) is 87.0 Å². The summed E-state index contributed by atoms with van der Waals surface area (Å²) in [5.41, 5.74) is 1.18. The summed E-state index contributed by atoms with van der Waals surface area (Å²) in [4.78, 5) is 0. The van der Waals surface area contributed by atoms with Gasteiger partial charge in [0.2, 0.25) is 0 Å². The van der Waals surface area contributed by atoms with Crippen LogP contribution in [0.1, 0.15) is 61.3 Å². The Hall–Kier alpha value is 0.217. The molecule has 0 N–H and O–H groups in total. The van der Waals surface area contributed by atoms with Gasteiger partial charge >= 0.3 is 0 Å². The van der Waals surface area contributed by atoms with E-state index >= 15 is 0 Å². The maximum absolute atomic E-state index is 2.50. The summed E-state index contributed by atoms with van der Waals surface area (Å²) in [7, 11) is -0.875. The summed E-state index contributed by atoms with van der Waals surface area (Å²) in [5, 5.41) is 0. The molecule has 0 nitrogen and oxygen atoms in total. The van der Waals surface area contributed by atoms with Crippen LogP contribution in [-0.4, -0.2) is 8.07 Å². The van der Waals surface area contributed by atoms with E-state index in [1.807, 2.05) is 0 Å². The van der Waals surface area contributed by atoms with Gasteiger partial charge in [-0.1, -0.05) is 80.6 Å². The molecule has 0 amide bonds. The average Bonchev–Trinajstić information content (AvgIpc) is 1.96. The van der Waals surface area contributed by atoms with Gasteiger partial charge in [-0.25, -0.2) is 0 Å². The lowest BCUT2D eigenvalue weighted by atomic mass is 9.53. The summed E-state index contributed by atoms with van der Waals surface area (Å²) in [6.07, 6.45) is 2.77. The predicted molar refractivity (Wildman–Crippen MR) is 84.4 cm³/mol. The van der Waals surface area contributed by atoms with Crippen LogP contribution in [0.15, 0.2) is 0 Å². The predicted octanol–water partition coefficient (Wildman–Crippen LogP) is 6.20. The van der Waals surface area contributed by atoms with E-state index in [0.29, 0.717) is 16.2 Å². The lowest BCUT2D eigenvalue weighted by Gasteiger charge is -2.52. The summed E-state index contributed by atoms with van der Waals surface area (Å²) in [6.45, 7) is 24.4. The highest BCUT2D eigenvalue weighted by molar-refractivity contribution is 6.76. The fraction of sp³-hybridized carbons (Fsp3) is 1.00. The standard InChI is InChI=1S/C16H36Si/c1-14(2,3)16(7,15(4,5)6)12-11-13-17(8,9)10/h11-13H2,1-10H3. The van der Waals surface area contributed by atoms with Gasteiger partial charge in [0, 0.05) is 8.07 Å². The zero-order chi connectivity index (χ0) is 14.1. The van der Waals surface area contributed by atoms with Crippen molar-refractivity contribution < 1.29 is 0 Å². The maximum Gasteiger partial charge on any atom is 0.0442 e. The molecule has 0 atom stereocenters. The van der Waals surface area contributed by atoms with Gasteiger partial charge in [0.25, 0.3) is 0 Å². The Labute approximate surface area is 112 Å². The van der Waals surface area contributed by atoms with Crippen LogP contribution in [0.5, 0.6) is 0 Å². The number of hydrogen-bond acceptors (Lipinski definition) is 0. The van der Waals surface area contributed by atoms with Gasteiger partial charge in [-0.3, -0.25) is 0 Å². The summed E-state index contributed by atoms with van der Waals surface area (Å²) < 4.78 is 0. The molecule has 0 unspecified atom stereocenters. The molecule has 1 heteroatoms. The van der Waals surface area contributed by atoms with Crippen molar-refractivity contribution >= 4 is 8.07 Å². The van der Waals surface area contributed by atoms with Crippen LogP contribution in [0.2, 0.25) is 25.7 Å². The van der Waals surface area contributed by atoms with Gasteiger partial charge in [0.15, 0.2) is 0 Å². The van der Waals surface area contributed by atoms with E-state index in [2.05, 4.69) is 68.1 Å². The van der Waals surface area contributed by atoms with Gasteiger partial charge in [0.05, 0.1) is 0 Å². The van der Waals surface area contributed by atoms with Crippen molar-refractivity contribution in [3.05, 3.63) is 0 Å². The van der Waals surface area contributed by atoms with E-state index in [1.54, 1.807) is 0 Å². The summed E-state index contributed by atoms with van der Waals surface area (Å²) in [5.74, 6) is 0. The highest BCUT2D eigenvalue weighted by atomic mass is 28.3. The number of hydrogen-bond donors (Lipinski definition) is 0. The molecule has 0 aliphatic carbocycles. The van der Waals surface area contributed by atoms with Crippen molar-refractivity contribution in [2.75, 3.05) is 0 Å². The Bertz CT molecular complexity index is 218. The van der Waals surface area contributed by atoms with Gasteiger partial charge < -0.3 is 0 Å². The SMILES string of the molecule is CC(C)(C)C(C)(CCC[Si](C)(C)C)C(C)(C)C. The van der Waals surface area contributed by atoms with Gasteiger partial charge in [-0.15, -0.1) is 0 Å². The highest BCUT2D eigenvalue weighted by Gasteiger charge is 2.45. The first-order valence-corrected chi connectivity index (χ1v) is 10.9. The Balaban J connectivity index is 4.77. The fourth-order valence-electron chi connectivity index (χ4n) is 2.85. The molecule has 0 aliphatic rings. The third kappa shape index (κ3) is 4.77. The zero-order valence-corrected chi connectivity index (χ0v) is 15.1. The third-order valence-corrected chi connectivity index (χ3v) is 6.77. The molecular formula is C16H36Si. The zero-order valence-electron chi connectivity index (χ0n) is 14.1. The van der Waals surface area contributed by atoms with Crippen LogP contribution in [0.3, 0.4) is 0 Å². The molecular weight excluding hydrogens is 220 g/mol. The fourth-order valence-corrected chi connectivity index (χ4v) is 4.08. The summed E-state index contributed by atoms with van der Waals surface area (Å²) in [6, 6.07) is 1.47. The first-order chi connectivity index (χ1) is 7.21. The molecule has 0 saturated carbocycles. The molecule has 0 aromatic carbocycles. The lowest BCUT2D eigenvalue weighted by molar-refractivity contribution is -0.0224. The molecule has 0 fully saturated rings. The topological polar surface area (TPSA) is 0 Å². The van der Waals surface area contributed by atoms with Crippen LogP contribution >= 0.6 is 0 Å². The molecule has 0 aromatic rings. The highest BCUT2D eigenvalue weighted by Crippen LogP contribution is 2.54. The van der Waals surface area contributed by atoms with Crippen LogP contribution in [0.25, 0.3) is 0 Å². The van der Waals surface area contributed by atoms with Gasteiger partial charge in [-0.2, -0.15) is 0 Å². The van der Waals surface area contributed by atoms with Crippen LogP contribution in [0, 0.1) is 16.2 Å². The minimum absolute atomic E-state index is 0.380. The average molecular weight is 257 g/mol. The lowest BCUT2D eigenvalue weighted by Crippen LogP contribution is -2.44. The quantitative estimate of drug-likeness (QED) is 0.525. The first-order valence-electron chi connectivity index (χ1n) is 7.21. The van der Waals surface area contributed by atoms with Gasteiger partial charge in [0.1, 0.15) is 0 Å². The van der Waals surface area contributed by atoms with Crippen molar-refractivity contribution in [2.24, 2.45) is 16.2 Å². The van der Waals surface area contributed by atoms with E-state index < -0.39 is 8.07 Å². The van der Waals surface area contributed by atoms with Crippen molar-refractivity contribution in [1.29, 1.82) is 0 Å². The van der Waals surface area contributed by atoms with Crippen LogP contribution < -0.4 is 0 Å². The van der Waals surface area contributed by atoms with E-state index in [9.17, 15) is 0 Å². The summed E-state index contributed by atoms with van der Waals surface area (Å²) >= 11 is 0. The van der Waals surface area contributed by atoms with E-state index in [1.165, 1.54) is 18.9 Å². The third-order valence-electron chi connectivity index (χ3n) is 4.91. The smallest absolute Gasteiger partial charge is 0.0442 e. The molecule has 0 radical (unpaired) electrons. The molecule has 0 rings (SSSR count). The van der Waals surface area contributed by atoms with Crippen molar-refractivity contribution in [3.8, 4) is 0 Å². The number of rotatable bonds is 4. The normalized spacial score (nSPS) is 15.2. The van der Waals surface area contributed by atoms with Crippen molar-refractivity contribution in [1.82, 2.24) is 0 Å². The molecule has 104 valence electrons. The minimum atomic E-state index is -0.875. The molecule has 17 heavy (non-hydrogen) atoms. The van der Waals surface area contributed by atoms with E-state index in [-0.39, 0.29) is 0 Å². The maximum atomic E-state index is 2.50. The monoisotopic (exact) mass is 256 g/mol. The van der Waals surface area contributed by atoms with Crippen LogP contribution in [-0.2, 0) is 0 Å². The molecule has 0 spiro atoms. The Morgan fingerprint density at radius 1 is 0.706 bits per heavy atom. The molecule has 0 aromatic heterocycles. The Kier molecular flexibility index (Phi) is 5.13. The van der Waals surface area contributed by atoms with Crippen LogP contribution in [0.4, 0.5) is 0 Å². The molecule has 0 aliphatic heterocycles. The molecule has 0 bridgehead atoms. The Morgan fingerprint density at radius 2 is 1.06 bits per heavy atom. The van der Waals surface area contributed by atoms with Crippen molar-refractivity contribution in [3.63, 3.8) is 0 Å².